The Balaban J connectivity index is 1.50. The van der Waals surface area contributed by atoms with E-state index >= 15 is 0 Å². The van der Waals surface area contributed by atoms with Gasteiger partial charge in [0.05, 0.1) is 19.6 Å². The lowest BCUT2D eigenvalue weighted by molar-refractivity contribution is -0.287. The first-order valence-corrected chi connectivity index (χ1v) is 9.12. The van der Waals surface area contributed by atoms with Crippen LogP contribution in [-0.4, -0.2) is 31.4 Å². The van der Waals surface area contributed by atoms with E-state index in [4.69, 9.17) is 9.47 Å². The molecule has 0 radical (unpaired) electrons. The van der Waals surface area contributed by atoms with Gasteiger partial charge in [0.15, 0.2) is 11.5 Å². The van der Waals surface area contributed by atoms with Crippen LogP contribution in [0.1, 0.15) is 17.0 Å². The molecule has 0 aliphatic carbocycles. The Morgan fingerprint density at radius 3 is 2.83 bits per heavy atom. The quantitative estimate of drug-likeness (QED) is 0.534. The second-order valence-corrected chi connectivity index (χ2v) is 7.36. The molecule has 2 heterocycles. The predicted octanol–water partition coefficient (Wildman–Crippen LogP) is 3.78. The highest BCUT2D eigenvalue weighted by atomic mass is 31.0. The van der Waals surface area contributed by atoms with Gasteiger partial charge in [0.25, 0.3) is 0 Å². The number of fused-ring (bicyclic) bond motifs is 2. The summed E-state index contributed by atoms with van der Waals surface area (Å²) in [6, 6.07) is 9.20. The molecule has 0 fully saturated rings. The summed E-state index contributed by atoms with van der Waals surface area (Å²) in [7, 11) is 2.99. The highest BCUT2D eigenvalue weighted by Crippen LogP contribution is 2.47. The number of para-hydroxylation sites is 1. The topological polar surface area (TPSA) is 63.2 Å². The molecule has 154 valence electrons. The summed E-state index contributed by atoms with van der Waals surface area (Å²) in [5.74, 6) is -1.28. The molecular weight excluding hydrogens is 412 g/mol. The van der Waals surface area contributed by atoms with E-state index in [1.807, 2.05) is 9.24 Å². The van der Waals surface area contributed by atoms with E-state index in [2.05, 4.69) is 14.2 Å². The summed E-state index contributed by atoms with van der Waals surface area (Å²) in [6.45, 7) is -0.107. The Kier molecular flexibility index (Phi) is 4.73. The molecule has 2 aliphatic heterocycles. The Morgan fingerprint density at radius 1 is 1.28 bits per heavy atom. The van der Waals surface area contributed by atoms with Crippen LogP contribution in [0, 0.1) is 0 Å². The van der Waals surface area contributed by atoms with E-state index in [-0.39, 0.29) is 24.7 Å². The van der Waals surface area contributed by atoms with E-state index in [1.54, 1.807) is 30.3 Å². The van der Waals surface area contributed by atoms with E-state index in [0.717, 1.165) is 7.11 Å². The molecule has 10 heteroatoms. The van der Waals surface area contributed by atoms with Crippen molar-refractivity contribution in [3.63, 3.8) is 0 Å². The van der Waals surface area contributed by atoms with Gasteiger partial charge in [-0.1, -0.05) is 27.4 Å². The van der Waals surface area contributed by atoms with E-state index < -0.39 is 23.6 Å². The van der Waals surface area contributed by atoms with E-state index in [9.17, 15) is 18.0 Å². The van der Waals surface area contributed by atoms with Gasteiger partial charge in [0.2, 0.25) is 5.41 Å². The third-order valence-corrected chi connectivity index (χ3v) is 5.31. The van der Waals surface area contributed by atoms with Gasteiger partial charge in [-0.25, -0.2) is 9.18 Å². The van der Waals surface area contributed by atoms with Gasteiger partial charge in [-0.15, -0.1) is 8.78 Å². The Morgan fingerprint density at radius 2 is 2.07 bits per heavy atom. The van der Waals surface area contributed by atoms with Gasteiger partial charge in [-0.3, -0.25) is 0 Å². The number of esters is 1. The molecule has 3 unspecified atom stereocenters. The molecule has 2 aliphatic rings. The number of alkyl halides is 3. The fourth-order valence-corrected chi connectivity index (χ4v) is 3.62. The normalized spacial score (nSPS) is 20.4. The number of rotatable bonds is 5. The van der Waals surface area contributed by atoms with Crippen molar-refractivity contribution in [2.45, 2.75) is 24.2 Å². The van der Waals surface area contributed by atoms with Crippen LogP contribution in [0.2, 0.25) is 0 Å². The second kappa shape index (κ2) is 6.99. The van der Waals surface area contributed by atoms with E-state index in [0.29, 0.717) is 22.6 Å². The largest absolute Gasteiger partial charge is 0.586 e. The monoisotopic (exact) mass is 428 g/mol. The van der Waals surface area contributed by atoms with Gasteiger partial charge in [0.1, 0.15) is 18.1 Å². The van der Waals surface area contributed by atoms with Crippen LogP contribution in [0.5, 0.6) is 23.0 Å². The molecule has 0 amide bonds. The molecule has 0 aromatic heterocycles. The minimum Gasteiger partial charge on any atom is -0.492 e. The lowest BCUT2D eigenvalue weighted by Crippen LogP contribution is -2.35. The lowest BCUT2D eigenvalue weighted by atomic mass is 9.95. The fraction of sp³-hybridized carbons (Fsp3) is 0.316. The lowest BCUT2D eigenvalue weighted by Gasteiger charge is -2.23. The first-order chi connectivity index (χ1) is 13.7. The number of benzene rings is 2. The summed E-state index contributed by atoms with van der Waals surface area (Å²) >= 11 is 0. The second-order valence-electron chi connectivity index (χ2n) is 6.52. The molecule has 4 rings (SSSR count). The average molecular weight is 428 g/mol. The molecule has 6 nitrogen and oxygen atoms in total. The Bertz CT molecular complexity index is 965. The van der Waals surface area contributed by atoms with Crippen LogP contribution in [-0.2, 0) is 16.1 Å². The van der Waals surface area contributed by atoms with Gasteiger partial charge in [0, 0.05) is 17.2 Å². The first-order valence-electron chi connectivity index (χ1n) is 8.55. The summed E-state index contributed by atoms with van der Waals surface area (Å²) in [4.78, 5) is 11.7. The third-order valence-electron chi connectivity index (χ3n) is 4.68. The van der Waals surface area contributed by atoms with Gasteiger partial charge in [-0.2, -0.15) is 0 Å². The van der Waals surface area contributed by atoms with Crippen molar-refractivity contribution in [3.8, 4) is 23.0 Å². The Hall–Kier alpha value is -2.67. The van der Waals surface area contributed by atoms with E-state index in [1.165, 1.54) is 6.07 Å². The molecule has 29 heavy (non-hydrogen) atoms. The number of methoxy groups -OCH3 is 1. The number of halogens is 3. The minimum absolute atomic E-state index is 0.0413. The SMILES string of the molecule is COC(=O)C(F)(P)C1COc2cc(OCc3cccc4c3OC(F)(F)O4)ccc21. The van der Waals surface area contributed by atoms with Crippen LogP contribution in [0.15, 0.2) is 36.4 Å². The molecule has 0 saturated carbocycles. The van der Waals surface area contributed by atoms with Crippen molar-refractivity contribution in [1.29, 1.82) is 0 Å². The molecule has 0 bridgehead atoms. The summed E-state index contributed by atoms with van der Waals surface area (Å²) < 4.78 is 66.0. The number of carbonyl (C=O) groups excluding carboxylic acids is 1. The maximum atomic E-state index is 14.8. The van der Waals surface area contributed by atoms with Crippen molar-refractivity contribution < 1.29 is 41.7 Å². The van der Waals surface area contributed by atoms with Gasteiger partial charge < -0.3 is 23.7 Å². The molecule has 0 spiro atoms. The predicted molar refractivity (Wildman–Crippen MR) is 97.2 cm³/mol. The van der Waals surface area contributed by atoms with Gasteiger partial charge in [-0.05, 0) is 12.1 Å². The van der Waals surface area contributed by atoms with Crippen LogP contribution < -0.4 is 18.9 Å². The third kappa shape index (κ3) is 3.55. The molecule has 0 N–H and O–H groups in total. The maximum Gasteiger partial charge on any atom is 0.586 e. The van der Waals surface area contributed by atoms with Crippen molar-refractivity contribution >= 4 is 15.2 Å². The number of carbonyl (C=O) groups is 1. The zero-order valence-corrected chi connectivity index (χ0v) is 16.3. The number of hydrogen-bond donors (Lipinski definition) is 0. The maximum absolute atomic E-state index is 14.8. The number of ether oxygens (including phenoxy) is 5. The van der Waals surface area contributed by atoms with Crippen molar-refractivity contribution in [1.82, 2.24) is 0 Å². The highest BCUT2D eigenvalue weighted by Gasteiger charge is 2.48. The van der Waals surface area contributed by atoms with Crippen molar-refractivity contribution in [2.24, 2.45) is 0 Å². The van der Waals surface area contributed by atoms with Crippen LogP contribution >= 0.6 is 9.24 Å². The summed E-state index contributed by atoms with van der Waals surface area (Å²) in [5.41, 5.74) is 0.870. The zero-order valence-electron chi connectivity index (χ0n) is 15.1. The Labute approximate surface area is 166 Å². The smallest absolute Gasteiger partial charge is 0.492 e. The van der Waals surface area contributed by atoms with Crippen LogP contribution in [0.4, 0.5) is 13.2 Å². The van der Waals surface area contributed by atoms with Crippen molar-refractivity contribution in [2.75, 3.05) is 13.7 Å². The molecule has 3 atom stereocenters. The number of hydrogen-bond acceptors (Lipinski definition) is 6. The highest BCUT2D eigenvalue weighted by molar-refractivity contribution is 7.20. The summed E-state index contributed by atoms with van der Waals surface area (Å²) in [5, 5.41) is -2.32. The molecule has 2 aromatic carbocycles. The standard InChI is InChI=1S/C19H16F3O6P/c1-24-17(23)18(20,29)13-9-26-15-7-11(5-6-12(13)15)25-8-10-3-2-4-14-16(10)28-19(21,22)27-14/h2-7,13H,8-9,29H2,1H3. The first kappa shape index (κ1) is 19.6. The fourth-order valence-electron chi connectivity index (χ4n) is 3.23. The summed E-state index contributed by atoms with van der Waals surface area (Å²) in [6.07, 6.45) is -3.72. The molecule has 2 aromatic rings. The molecular formula is C19H16F3O6P. The minimum atomic E-state index is -3.72. The van der Waals surface area contributed by atoms with Crippen molar-refractivity contribution in [3.05, 3.63) is 47.5 Å². The zero-order chi connectivity index (χ0) is 20.8. The average Bonchev–Trinajstić information content (AvgIpc) is 3.24. The van der Waals surface area contributed by atoms with Crippen LogP contribution in [0.3, 0.4) is 0 Å². The van der Waals surface area contributed by atoms with Gasteiger partial charge >= 0.3 is 12.3 Å². The molecule has 0 saturated heterocycles. The van der Waals surface area contributed by atoms with Crippen LogP contribution in [0.25, 0.3) is 0 Å².